The van der Waals surface area contributed by atoms with Gasteiger partial charge in [-0.25, -0.2) is 4.98 Å². The van der Waals surface area contributed by atoms with E-state index < -0.39 is 0 Å². The van der Waals surface area contributed by atoms with Crippen molar-refractivity contribution in [2.45, 2.75) is 46.2 Å². The molecule has 186 valence electrons. The van der Waals surface area contributed by atoms with Gasteiger partial charge >= 0.3 is 0 Å². The average molecular weight is 511 g/mol. The Hall–Kier alpha value is -4.04. The molecule has 9 nitrogen and oxygen atoms in total. The normalized spacial score (nSPS) is 12.5. The number of thiophene rings is 1. The van der Waals surface area contributed by atoms with Crippen LogP contribution in [-0.2, 0) is 44.0 Å². The third-order valence-electron chi connectivity index (χ3n) is 6.42. The Kier molecular flexibility index (Phi) is 6.40. The van der Waals surface area contributed by atoms with Crippen molar-refractivity contribution in [2.24, 2.45) is 5.73 Å². The summed E-state index contributed by atoms with van der Waals surface area (Å²) in [5, 5.41) is 14.2. The van der Waals surface area contributed by atoms with Crippen LogP contribution < -0.4 is 5.73 Å². The first-order valence-electron chi connectivity index (χ1n) is 12.1. The molecule has 0 bridgehead atoms. The molecule has 1 aliphatic rings. The summed E-state index contributed by atoms with van der Waals surface area (Å²) >= 11 is 1.67. The third kappa shape index (κ3) is 4.72. The van der Waals surface area contributed by atoms with E-state index in [-0.39, 0.29) is 0 Å². The predicted molar refractivity (Wildman–Crippen MR) is 140 cm³/mol. The van der Waals surface area contributed by atoms with E-state index in [1.807, 2.05) is 34.6 Å². The van der Waals surface area contributed by atoms with Crippen LogP contribution in [0.5, 0.6) is 0 Å². The summed E-state index contributed by atoms with van der Waals surface area (Å²) in [6, 6.07) is 10.5. The fourth-order valence-corrected chi connectivity index (χ4v) is 5.77. The zero-order valence-corrected chi connectivity index (χ0v) is 21.3. The summed E-state index contributed by atoms with van der Waals surface area (Å²) in [7, 11) is 0. The molecule has 0 aliphatic carbocycles. The Bertz CT molecular complexity index is 1600. The van der Waals surface area contributed by atoms with Crippen molar-refractivity contribution in [2.75, 3.05) is 0 Å². The number of ether oxygens (including phenoxy) is 1. The second kappa shape index (κ2) is 10.1. The van der Waals surface area contributed by atoms with E-state index in [0.29, 0.717) is 26.3 Å². The van der Waals surface area contributed by atoms with Crippen LogP contribution in [0, 0.1) is 18.8 Å². The molecule has 0 radical (unpaired) electrons. The lowest BCUT2D eigenvalue weighted by molar-refractivity contribution is 0.104. The van der Waals surface area contributed by atoms with Crippen LogP contribution in [0.15, 0.2) is 55.2 Å². The van der Waals surface area contributed by atoms with Gasteiger partial charge in [-0.15, -0.1) is 21.5 Å². The summed E-state index contributed by atoms with van der Waals surface area (Å²) in [6.45, 7) is 4.87. The Morgan fingerprint density at radius 3 is 2.84 bits per heavy atom. The van der Waals surface area contributed by atoms with Crippen molar-refractivity contribution in [3.05, 3.63) is 99.7 Å². The van der Waals surface area contributed by atoms with E-state index in [2.05, 4.69) is 61.0 Å². The molecule has 2 N–H and O–H groups in total. The molecule has 0 atom stereocenters. The molecule has 0 amide bonds. The topological polar surface area (TPSA) is 102 Å². The Balaban J connectivity index is 1.32. The lowest BCUT2D eigenvalue weighted by atomic mass is 10.0. The smallest absolute Gasteiger partial charge is 0.164 e. The first-order valence-corrected chi connectivity index (χ1v) is 12.9. The molecule has 5 heterocycles. The second-order valence-corrected chi connectivity index (χ2v) is 9.87. The van der Waals surface area contributed by atoms with E-state index in [1.54, 1.807) is 23.9 Å². The van der Waals surface area contributed by atoms with Crippen LogP contribution in [0.25, 0.3) is 5.00 Å². The van der Waals surface area contributed by atoms with Crippen molar-refractivity contribution in [3.63, 3.8) is 0 Å². The van der Waals surface area contributed by atoms with Gasteiger partial charge in [-0.2, -0.15) is 5.10 Å². The number of hydrogen-bond donors (Lipinski definition) is 1. The van der Waals surface area contributed by atoms with Gasteiger partial charge in [-0.05, 0) is 24.5 Å². The molecule has 0 spiro atoms. The highest BCUT2D eigenvalue weighted by Crippen LogP contribution is 2.36. The van der Waals surface area contributed by atoms with Crippen LogP contribution >= 0.6 is 11.3 Å². The zero-order valence-electron chi connectivity index (χ0n) is 20.5. The maximum absolute atomic E-state index is 6.00. The van der Waals surface area contributed by atoms with Crippen LogP contribution in [-0.4, -0.2) is 34.1 Å². The maximum Gasteiger partial charge on any atom is 0.164 e. The number of aromatic nitrogens is 7. The van der Waals surface area contributed by atoms with Gasteiger partial charge in [0.25, 0.3) is 0 Å². The molecule has 1 aromatic carbocycles. The monoisotopic (exact) mass is 510 g/mol. The number of rotatable bonds is 6. The number of nitrogens with two attached hydrogens (primary N) is 1. The molecule has 1 aliphatic heterocycles. The highest BCUT2D eigenvalue weighted by atomic mass is 32.1. The molecule has 4 aromatic heterocycles. The Labute approximate surface area is 218 Å². The van der Waals surface area contributed by atoms with Gasteiger partial charge in [-0.1, -0.05) is 42.2 Å². The molecule has 0 fully saturated rings. The van der Waals surface area contributed by atoms with Crippen LogP contribution in [0.1, 0.15) is 44.5 Å². The van der Waals surface area contributed by atoms with E-state index in [0.717, 1.165) is 51.3 Å². The van der Waals surface area contributed by atoms with Gasteiger partial charge in [0.15, 0.2) is 5.82 Å². The Morgan fingerprint density at radius 2 is 1.97 bits per heavy atom. The first kappa shape index (κ1) is 23.4. The van der Waals surface area contributed by atoms with Gasteiger partial charge in [0.05, 0.1) is 41.8 Å². The fraction of sp³-hybridized carbons (Fsp3) is 0.259. The number of imidazole rings is 1. The van der Waals surface area contributed by atoms with Crippen molar-refractivity contribution in [1.82, 2.24) is 34.1 Å². The number of hydrogen-bond acceptors (Lipinski definition) is 7. The number of fused-ring (bicyclic) bond motifs is 3. The minimum Gasteiger partial charge on any atom is -0.369 e. The van der Waals surface area contributed by atoms with Gasteiger partial charge in [0.2, 0.25) is 0 Å². The lowest BCUT2D eigenvalue weighted by Gasteiger charge is -2.06. The van der Waals surface area contributed by atoms with Crippen molar-refractivity contribution >= 4 is 11.3 Å². The second-order valence-electron chi connectivity index (χ2n) is 8.87. The molecule has 0 saturated heterocycles. The van der Waals surface area contributed by atoms with Gasteiger partial charge in [0.1, 0.15) is 17.4 Å². The third-order valence-corrected chi connectivity index (χ3v) is 7.60. The minimum atomic E-state index is 0.444. The summed E-state index contributed by atoms with van der Waals surface area (Å²) in [5.41, 5.74) is 11.2. The predicted octanol–water partition coefficient (Wildman–Crippen LogP) is 3.21. The van der Waals surface area contributed by atoms with Crippen LogP contribution in [0.4, 0.5) is 0 Å². The summed E-state index contributed by atoms with van der Waals surface area (Å²) in [5.74, 6) is 8.45. The molecular formula is C27H26N8OS. The lowest BCUT2D eigenvalue weighted by Crippen LogP contribution is -2.11. The van der Waals surface area contributed by atoms with Crippen molar-refractivity contribution < 1.29 is 4.74 Å². The molecule has 0 unspecified atom stereocenters. The minimum absolute atomic E-state index is 0.444. The molecule has 6 rings (SSSR count). The van der Waals surface area contributed by atoms with Crippen LogP contribution in [0.3, 0.4) is 0 Å². The van der Waals surface area contributed by atoms with Crippen LogP contribution in [0.2, 0.25) is 0 Å². The highest BCUT2D eigenvalue weighted by molar-refractivity contribution is 7.15. The summed E-state index contributed by atoms with van der Waals surface area (Å²) in [4.78, 5) is 5.20. The molecule has 0 saturated carbocycles. The van der Waals surface area contributed by atoms with E-state index >= 15 is 0 Å². The average Bonchev–Trinajstić information content (AvgIpc) is 3.68. The van der Waals surface area contributed by atoms with E-state index in [1.165, 1.54) is 11.1 Å². The molecule has 10 heteroatoms. The summed E-state index contributed by atoms with van der Waals surface area (Å²) in [6.07, 6.45) is 8.17. The van der Waals surface area contributed by atoms with Gasteiger partial charge in [-0.3, -0.25) is 9.25 Å². The maximum atomic E-state index is 6.00. The highest BCUT2D eigenvalue weighted by Gasteiger charge is 2.25. The Morgan fingerprint density at radius 1 is 1.08 bits per heavy atom. The number of benzene rings is 1. The largest absolute Gasteiger partial charge is 0.369 e. The quantitative estimate of drug-likeness (QED) is 0.352. The summed E-state index contributed by atoms with van der Waals surface area (Å²) < 4.78 is 12.1. The fourth-order valence-electron chi connectivity index (χ4n) is 4.52. The molecule has 37 heavy (non-hydrogen) atoms. The van der Waals surface area contributed by atoms with E-state index in [4.69, 9.17) is 10.5 Å². The SMILES string of the molecule is Cc1nnc2n1-c1sc(C#Cc3cnn(CCn4cncc4CN)c3)c(Cc3ccccc3)c1COC2. The first-order chi connectivity index (χ1) is 18.2. The van der Waals surface area contributed by atoms with Gasteiger partial charge in [0, 0.05) is 31.0 Å². The molecule has 5 aromatic rings. The molecular weight excluding hydrogens is 484 g/mol. The van der Waals surface area contributed by atoms with Crippen molar-refractivity contribution in [3.8, 4) is 16.8 Å². The van der Waals surface area contributed by atoms with E-state index in [9.17, 15) is 0 Å². The number of aryl methyl sites for hydroxylation is 3. The van der Waals surface area contributed by atoms with Gasteiger partial charge < -0.3 is 15.0 Å². The standard InChI is InChI=1S/C27H26N8OS/c1-19-31-32-26-17-36-16-24-23(11-20-5-3-2-4-6-20)25(37-27(24)35(19)26)8-7-21-13-30-34(15-21)10-9-33-18-29-14-22(33)12-28/h2-6,13-15,18H,9-12,16-17,28H2,1H3. The zero-order chi connectivity index (χ0) is 25.2. The number of nitrogens with zero attached hydrogens (tertiary/aromatic N) is 7. The van der Waals surface area contributed by atoms with Crippen molar-refractivity contribution in [1.29, 1.82) is 0 Å².